The molecule has 0 unspecified atom stereocenters. The normalized spacial score (nSPS) is 11.4. The van der Waals surface area contributed by atoms with Gasteiger partial charge >= 0.3 is 5.97 Å². The van der Waals surface area contributed by atoms with Crippen LogP contribution < -0.4 is 4.72 Å². The summed E-state index contributed by atoms with van der Waals surface area (Å²) in [5.74, 6) is -1.46. The van der Waals surface area contributed by atoms with E-state index in [1.165, 1.54) is 54.7 Å². The first kappa shape index (κ1) is 19.0. The predicted octanol–water partition coefficient (Wildman–Crippen LogP) is 3.70. The fourth-order valence-corrected chi connectivity index (χ4v) is 3.19. The van der Waals surface area contributed by atoms with E-state index >= 15 is 0 Å². The van der Waals surface area contributed by atoms with E-state index in [1.807, 2.05) is 0 Å². The van der Waals surface area contributed by atoms with E-state index in [4.69, 9.17) is 5.11 Å². The highest BCUT2D eigenvalue weighted by atomic mass is 32.2. The van der Waals surface area contributed by atoms with E-state index in [-0.39, 0.29) is 27.7 Å². The van der Waals surface area contributed by atoms with Crippen molar-refractivity contribution >= 4 is 33.2 Å². The van der Waals surface area contributed by atoms with Crippen molar-refractivity contribution in [3.8, 4) is 5.75 Å². The van der Waals surface area contributed by atoms with Crippen LogP contribution in [0.15, 0.2) is 82.0 Å². The van der Waals surface area contributed by atoms with Gasteiger partial charge in [-0.25, -0.2) is 18.2 Å². The molecule has 0 aliphatic rings. The number of nitrogens with one attached hydrogen (secondary N) is 1. The molecule has 3 aromatic rings. The Kier molecular flexibility index (Phi) is 5.32. The summed E-state index contributed by atoms with van der Waals surface area (Å²) >= 11 is 0. The first-order valence-electron chi connectivity index (χ1n) is 7.87. The second kappa shape index (κ2) is 7.84. The first-order chi connectivity index (χ1) is 13.3. The molecule has 0 saturated carbocycles. The van der Waals surface area contributed by atoms with E-state index in [0.29, 0.717) is 5.69 Å². The second-order valence-electron chi connectivity index (χ2n) is 5.52. The number of anilines is 1. The molecule has 9 nitrogen and oxygen atoms in total. The molecular weight excluding hydrogens is 386 g/mol. The lowest BCUT2D eigenvalue weighted by molar-refractivity contribution is 0.0693. The minimum absolute atomic E-state index is 0.0231. The van der Waals surface area contributed by atoms with Crippen molar-refractivity contribution in [3.05, 3.63) is 72.4 Å². The van der Waals surface area contributed by atoms with Crippen molar-refractivity contribution in [1.29, 1.82) is 0 Å². The Hall–Kier alpha value is -3.79. The Labute approximate surface area is 160 Å². The van der Waals surface area contributed by atoms with Crippen LogP contribution in [0.3, 0.4) is 0 Å². The van der Waals surface area contributed by atoms with Gasteiger partial charge in [-0.05, 0) is 54.6 Å². The molecule has 0 spiro atoms. The molecule has 0 bridgehead atoms. The van der Waals surface area contributed by atoms with Gasteiger partial charge in [-0.2, -0.15) is 10.2 Å². The summed E-state index contributed by atoms with van der Waals surface area (Å²) in [5, 5.41) is 26.3. The Morgan fingerprint density at radius 2 is 1.64 bits per heavy atom. The Bertz CT molecular complexity index is 1130. The maximum Gasteiger partial charge on any atom is 0.339 e. The highest BCUT2D eigenvalue weighted by Crippen LogP contribution is 2.25. The van der Waals surface area contributed by atoms with Crippen LogP contribution in [-0.2, 0) is 10.0 Å². The van der Waals surface area contributed by atoms with Gasteiger partial charge in [0, 0.05) is 6.20 Å². The van der Waals surface area contributed by atoms with Crippen molar-refractivity contribution in [1.82, 2.24) is 4.98 Å². The minimum Gasteiger partial charge on any atom is -0.507 e. The highest BCUT2D eigenvalue weighted by molar-refractivity contribution is 7.92. The standard InChI is InChI=1S/C18H14N4O5S/c23-16-9-6-13(11-15(16)18(24)25)21-20-12-4-7-14(8-5-12)28(26,27)22-17-3-1-2-10-19-17/h1-11,23H,(H,19,22)(H,24,25)/i18+2. The molecule has 0 aliphatic carbocycles. The summed E-state index contributed by atoms with van der Waals surface area (Å²) in [5.41, 5.74) is 0.295. The zero-order chi connectivity index (χ0) is 20.1. The number of carbonyl (C=O) groups is 1. The number of benzene rings is 2. The van der Waals surface area contributed by atoms with E-state index in [1.54, 1.807) is 12.1 Å². The van der Waals surface area contributed by atoms with Crippen LogP contribution in [0.2, 0.25) is 0 Å². The molecule has 0 amide bonds. The maximum absolute atomic E-state index is 12.3. The van der Waals surface area contributed by atoms with Crippen LogP contribution in [0.4, 0.5) is 17.2 Å². The fraction of sp³-hybridized carbons (Fsp3) is 0. The van der Waals surface area contributed by atoms with E-state index in [0.717, 1.165) is 0 Å². The second-order valence-corrected chi connectivity index (χ2v) is 7.20. The Morgan fingerprint density at radius 1 is 0.964 bits per heavy atom. The van der Waals surface area contributed by atoms with Crippen molar-refractivity contribution in [2.24, 2.45) is 10.2 Å². The van der Waals surface area contributed by atoms with E-state index < -0.39 is 16.0 Å². The van der Waals surface area contributed by atoms with Gasteiger partial charge in [0.05, 0.1) is 16.3 Å². The van der Waals surface area contributed by atoms with Crippen molar-refractivity contribution in [3.63, 3.8) is 0 Å². The zero-order valence-corrected chi connectivity index (χ0v) is 15.0. The molecule has 1 aromatic heterocycles. The number of rotatable bonds is 6. The molecule has 10 heteroatoms. The van der Waals surface area contributed by atoms with Gasteiger partial charge in [-0.3, -0.25) is 4.72 Å². The van der Waals surface area contributed by atoms with Crippen molar-refractivity contribution < 1.29 is 23.4 Å². The maximum atomic E-state index is 12.3. The van der Waals surface area contributed by atoms with Crippen LogP contribution in [0.1, 0.15) is 10.4 Å². The summed E-state index contributed by atoms with van der Waals surface area (Å²) in [6.45, 7) is 0. The molecule has 1 heterocycles. The van der Waals surface area contributed by atoms with Gasteiger partial charge < -0.3 is 10.2 Å². The summed E-state index contributed by atoms with van der Waals surface area (Å²) in [7, 11) is -3.79. The number of pyridine rings is 1. The van der Waals surface area contributed by atoms with Crippen LogP contribution in [-0.4, -0.2) is 29.6 Å². The largest absolute Gasteiger partial charge is 0.507 e. The minimum atomic E-state index is -3.79. The molecule has 0 radical (unpaired) electrons. The number of carboxylic acid groups (broad SMARTS) is 1. The number of aromatic carboxylic acids is 1. The number of aromatic nitrogens is 1. The lowest BCUT2D eigenvalue weighted by atomic mass is 10.2. The fourth-order valence-electron chi connectivity index (χ4n) is 2.18. The number of azo groups is 1. The summed E-state index contributed by atoms with van der Waals surface area (Å²) in [4.78, 5) is 14.9. The summed E-state index contributed by atoms with van der Waals surface area (Å²) in [6.07, 6.45) is 1.47. The molecule has 142 valence electrons. The Morgan fingerprint density at radius 3 is 2.29 bits per heavy atom. The van der Waals surface area contributed by atoms with Crippen LogP contribution in [0, 0.1) is 0 Å². The van der Waals surface area contributed by atoms with Crippen molar-refractivity contribution in [2.75, 3.05) is 4.72 Å². The molecule has 0 fully saturated rings. The van der Waals surface area contributed by atoms with Gasteiger partial charge in [0.2, 0.25) is 0 Å². The molecule has 2 aromatic carbocycles. The van der Waals surface area contributed by atoms with Crippen LogP contribution in [0.25, 0.3) is 0 Å². The average Bonchev–Trinajstić information content (AvgIpc) is 2.68. The molecule has 3 N–H and O–H groups in total. The van der Waals surface area contributed by atoms with Gasteiger partial charge in [-0.15, -0.1) is 0 Å². The lowest BCUT2D eigenvalue weighted by Crippen LogP contribution is -2.13. The SMILES string of the molecule is O=[14C](O)c1cc(N=Nc2ccc(S(=O)(=O)Nc3ccccn3)cc2)ccc1O. The number of sulfonamides is 1. The van der Waals surface area contributed by atoms with Gasteiger partial charge in [0.25, 0.3) is 10.0 Å². The lowest BCUT2D eigenvalue weighted by Gasteiger charge is -2.07. The van der Waals surface area contributed by atoms with E-state index in [9.17, 15) is 18.3 Å². The van der Waals surface area contributed by atoms with E-state index in [2.05, 4.69) is 19.9 Å². The third kappa shape index (κ3) is 4.48. The molecule has 0 aliphatic heterocycles. The van der Waals surface area contributed by atoms with Crippen LogP contribution >= 0.6 is 0 Å². The number of nitrogens with zero attached hydrogens (tertiary/aromatic N) is 3. The quantitative estimate of drug-likeness (QED) is 0.539. The molecule has 0 atom stereocenters. The third-order valence-electron chi connectivity index (χ3n) is 3.54. The third-order valence-corrected chi connectivity index (χ3v) is 4.91. The number of aromatic hydroxyl groups is 1. The average molecular weight is 400 g/mol. The van der Waals surface area contributed by atoms with Crippen LogP contribution in [0.5, 0.6) is 5.75 Å². The molecule has 28 heavy (non-hydrogen) atoms. The van der Waals surface area contributed by atoms with Gasteiger partial charge in [0.1, 0.15) is 17.1 Å². The first-order valence-corrected chi connectivity index (χ1v) is 9.35. The van der Waals surface area contributed by atoms with Gasteiger partial charge in [-0.1, -0.05) is 6.07 Å². The zero-order valence-electron chi connectivity index (χ0n) is 14.2. The number of hydrogen-bond donors (Lipinski definition) is 3. The topological polar surface area (TPSA) is 141 Å². The summed E-state index contributed by atoms with van der Waals surface area (Å²) in [6, 6.07) is 14.3. The monoisotopic (exact) mass is 400 g/mol. The smallest absolute Gasteiger partial charge is 0.339 e. The van der Waals surface area contributed by atoms with Crippen molar-refractivity contribution in [2.45, 2.75) is 4.90 Å². The molecular formula is C18H14N4O5S. The number of phenols is 1. The highest BCUT2D eigenvalue weighted by Gasteiger charge is 2.14. The predicted molar refractivity (Wildman–Crippen MR) is 101 cm³/mol. The molecule has 3 rings (SSSR count). The number of carboxylic acids is 1. The summed E-state index contributed by atoms with van der Waals surface area (Å²) < 4.78 is 27.0. The number of hydrogen-bond acceptors (Lipinski definition) is 7. The van der Waals surface area contributed by atoms with Gasteiger partial charge in [0.15, 0.2) is 0 Å². The molecule has 0 saturated heterocycles. The Balaban J connectivity index is 1.77.